The number of pyridine rings is 1. The molecule has 0 saturated carbocycles. The molecular formula is C26H20FN3O3. The van der Waals surface area contributed by atoms with E-state index in [4.69, 9.17) is 4.42 Å². The molecule has 0 radical (unpaired) electrons. The number of rotatable bonds is 4. The highest BCUT2D eigenvalue weighted by atomic mass is 19.1. The van der Waals surface area contributed by atoms with E-state index in [0.29, 0.717) is 40.3 Å². The smallest absolute Gasteiger partial charge is 0.278 e. The first-order valence-corrected chi connectivity index (χ1v) is 10.5. The van der Waals surface area contributed by atoms with E-state index in [-0.39, 0.29) is 17.5 Å². The van der Waals surface area contributed by atoms with Crippen LogP contribution in [-0.4, -0.2) is 26.7 Å². The minimum atomic E-state index is -0.488. The second-order valence-electron chi connectivity index (χ2n) is 7.80. The first-order chi connectivity index (χ1) is 16.0. The number of hydrazone groups is 1. The highest BCUT2D eigenvalue weighted by Crippen LogP contribution is 2.38. The van der Waals surface area contributed by atoms with E-state index in [1.54, 1.807) is 55.7 Å². The summed E-state index contributed by atoms with van der Waals surface area (Å²) in [5.74, 6) is 0.291. The van der Waals surface area contributed by atoms with Crippen LogP contribution in [0, 0.1) is 12.7 Å². The van der Waals surface area contributed by atoms with Gasteiger partial charge in [-0.3, -0.25) is 9.78 Å². The molecule has 7 heteroatoms. The molecule has 0 fully saturated rings. The number of hydrogen-bond acceptors (Lipinski definition) is 5. The number of phenolic OH excluding ortho intramolecular Hbond substituents is 1. The number of phenols is 1. The van der Waals surface area contributed by atoms with Crippen LogP contribution in [0.25, 0.3) is 11.3 Å². The van der Waals surface area contributed by atoms with Crippen molar-refractivity contribution in [3.63, 3.8) is 0 Å². The Balaban J connectivity index is 1.54. The quantitative estimate of drug-likeness (QED) is 0.454. The van der Waals surface area contributed by atoms with Crippen LogP contribution in [0.3, 0.4) is 0 Å². The Morgan fingerprint density at radius 1 is 1.09 bits per heavy atom. The Morgan fingerprint density at radius 3 is 2.61 bits per heavy atom. The highest BCUT2D eigenvalue weighted by molar-refractivity contribution is 6.05. The van der Waals surface area contributed by atoms with E-state index in [2.05, 4.69) is 10.1 Å². The molecule has 1 atom stereocenters. The van der Waals surface area contributed by atoms with Crippen molar-refractivity contribution >= 4 is 11.6 Å². The first-order valence-electron chi connectivity index (χ1n) is 10.5. The van der Waals surface area contributed by atoms with E-state index in [1.165, 1.54) is 17.1 Å². The molecule has 6 nitrogen and oxygen atoms in total. The van der Waals surface area contributed by atoms with Crippen LogP contribution < -0.4 is 0 Å². The molecule has 1 aliphatic rings. The summed E-state index contributed by atoms with van der Waals surface area (Å²) < 4.78 is 19.1. The van der Waals surface area contributed by atoms with Crippen LogP contribution in [0.5, 0.6) is 5.75 Å². The molecule has 2 aromatic carbocycles. The largest absolute Gasteiger partial charge is 0.508 e. The molecule has 2 aromatic heterocycles. The van der Waals surface area contributed by atoms with E-state index < -0.39 is 6.04 Å². The number of amides is 1. The zero-order valence-electron chi connectivity index (χ0n) is 17.8. The van der Waals surface area contributed by atoms with Gasteiger partial charge in [0.1, 0.15) is 23.1 Å². The lowest BCUT2D eigenvalue weighted by Gasteiger charge is -2.22. The first kappa shape index (κ1) is 20.6. The van der Waals surface area contributed by atoms with Crippen molar-refractivity contribution in [1.82, 2.24) is 9.99 Å². The number of furan rings is 1. The van der Waals surface area contributed by atoms with Gasteiger partial charge in [0, 0.05) is 35.5 Å². The van der Waals surface area contributed by atoms with Crippen molar-refractivity contribution in [3.8, 4) is 17.1 Å². The lowest BCUT2D eigenvalue weighted by atomic mass is 9.98. The second-order valence-corrected chi connectivity index (χ2v) is 7.80. The number of benzene rings is 2. The van der Waals surface area contributed by atoms with Crippen LogP contribution in [-0.2, 0) is 0 Å². The predicted molar refractivity (Wildman–Crippen MR) is 121 cm³/mol. The fourth-order valence-electron chi connectivity index (χ4n) is 3.99. The molecule has 0 spiro atoms. The van der Waals surface area contributed by atoms with Crippen LogP contribution in [0.1, 0.15) is 39.7 Å². The van der Waals surface area contributed by atoms with E-state index in [9.17, 15) is 14.3 Å². The molecular weight excluding hydrogens is 421 g/mol. The predicted octanol–water partition coefficient (Wildman–Crippen LogP) is 5.49. The summed E-state index contributed by atoms with van der Waals surface area (Å²) in [6, 6.07) is 17.7. The number of halogens is 1. The molecule has 0 bridgehead atoms. The third kappa shape index (κ3) is 3.89. The lowest BCUT2D eigenvalue weighted by molar-refractivity contribution is 0.0708. The molecule has 5 rings (SSSR count). The molecule has 33 heavy (non-hydrogen) atoms. The third-order valence-electron chi connectivity index (χ3n) is 5.69. The van der Waals surface area contributed by atoms with E-state index in [0.717, 1.165) is 5.56 Å². The van der Waals surface area contributed by atoms with Crippen molar-refractivity contribution in [2.45, 2.75) is 19.4 Å². The molecule has 164 valence electrons. The molecule has 1 aliphatic heterocycles. The Labute approximate surface area is 189 Å². The fourth-order valence-corrected chi connectivity index (χ4v) is 3.99. The van der Waals surface area contributed by atoms with Gasteiger partial charge in [0.25, 0.3) is 5.91 Å². The van der Waals surface area contributed by atoms with Gasteiger partial charge in [-0.2, -0.15) is 5.10 Å². The van der Waals surface area contributed by atoms with Crippen molar-refractivity contribution in [2.75, 3.05) is 0 Å². The van der Waals surface area contributed by atoms with E-state index in [1.807, 2.05) is 18.2 Å². The number of aromatic nitrogens is 1. The van der Waals surface area contributed by atoms with E-state index >= 15 is 0 Å². The summed E-state index contributed by atoms with van der Waals surface area (Å²) in [6.45, 7) is 1.71. The van der Waals surface area contributed by atoms with Gasteiger partial charge < -0.3 is 9.52 Å². The van der Waals surface area contributed by atoms with Crippen LogP contribution >= 0.6 is 0 Å². The maximum absolute atomic E-state index is 13.6. The summed E-state index contributed by atoms with van der Waals surface area (Å²) in [5, 5.41) is 16.5. The molecule has 3 heterocycles. The summed E-state index contributed by atoms with van der Waals surface area (Å²) in [7, 11) is 0. The minimum Gasteiger partial charge on any atom is -0.508 e. The lowest BCUT2D eigenvalue weighted by Crippen LogP contribution is -2.27. The van der Waals surface area contributed by atoms with Gasteiger partial charge in [-0.25, -0.2) is 9.40 Å². The van der Waals surface area contributed by atoms with Crippen LogP contribution in [0.15, 0.2) is 88.6 Å². The number of nitrogens with zero attached hydrogens (tertiary/aromatic N) is 3. The molecule has 1 N–H and O–H groups in total. The van der Waals surface area contributed by atoms with Crippen LogP contribution in [0.2, 0.25) is 0 Å². The molecule has 1 unspecified atom stereocenters. The third-order valence-corrected chi connectivity index (χ3v) is 5.69. The number of aromatic hydroxyl groups is 1. The number of carbonyl (C=O) groups is 1. The zero-order valence-corrected chi connectivity index (χ0v) is 17.8. The Hall–Kier alpha value is -4.26. The standard InChI is InChI=1S/C26H20FN3O3/c1-16-21(13-25(33-16)17-8-10-19(27)11-9-17)26(32)30-23(20-6-2-3-7-24(20)31)14-22(29-30)18-5-4-12-28-15-18/h2-13,15,23,31H,14H2,1H3. The summed E-state index contributed by atoms with van der Waals surface area (Å²) in [4.78, 5) is 17.8. The summed E-state index contributed by atoms with van der Waals surface area (Å²) in [6.07, 6.45) is 3.80. The van der Waals surface area contributed by atoms with Crippen molar-refractivity contribution in [2.24, 2.45) is 5.10 Å². The molecule has 1 amide bonds. The number of aryl methyl sites for hydroxylation is 1. The summed E-state index contributed by atoms with van der Waals surface area (Å²) >= 11 is 0. The number of para-hydroxylation sites is 1. The van der Waals surface area contributed by atoms with Crippen molar-refractivity contribution in [1.29, 1.82) is 0 Å². The Kier molecular flexibility index (Phi) is 5.22. The normalized spacial score (nSPS) is 15.5. The maximum atomic E-state index is 13.6. The van der Waals surface area contributed by atoms with Gasteiger partial charge in [-0.15, -0.1) is 0 Å². The maximum Gasteiger partial charge on any atom is 0.278 e. The van der Waals surface area contributed by atoms with Gasteiger partial charge in [0.2, 0.25) is 0 Å². The molecule has 4 aromatic rings. The van der Waals surface area contributed by atoms with Gasteiger partial charge in [0.05, 0.1) is 17.3 Å². The van der Waals surface area contributed by atoms with Gasteiger partial charge in [-0.1, -0.05) is 24.3 Å². The Bertz CT molecular complexity index is 1350. The van der Waals surface area contributed by atoms with Crippen LogP contribution in [0.4, 0.5) is 4.39 Å². The van der Waals surface area contributed by atoms with Crippen molar-refractivity contribution in [3.05, 3.63) is 107 Å². The minimum absolute atomic E-state index is 0.0962. The van der Waals surface area contributed by atoms with Gasteiger partial charge in [0.15, 0.2) is 0 Å². The Morgan fingerprint density at radius 2 is 1.88 bits per heavy atom. The topological polar surface area (TPSA) is 78.9 Å². The highest BCUT2D eigenvalue weighted by Gasteiger charge is 2.36. The average molecular weight is 441 g/mol. The number of carbonyl (C=O) groups excluding carboxylic acids is 1. The fraction of sp³-hybridized carbons (Fsp3) is 0.115. The zero-order chi connectivity index (χ0) is 22.9. The van der Waals surface area contributed by atoms with Crippen molar-refractivity contribution < 1.29 is 18.7 Å². The monoisotopic (exact) mass is 441 g/mol. The number of hydrogen-bond donors (Lipinski definition) is 1. The van der Waals surface area contributed by atoms with Gasteiger partial charge in [-0.05, 0) is 49.4 Å². The molecule has 0 aliphatic carbocycles. The summed E-state index contributed by atoms with van der Waals surface area (Å²) in [5.41, 5.74) is 3.13. The molecule has 0 saturated heterocycles. The average Bonchev–Trinajstić information content (AvgIpc) is 3.44. The SMILES string of the molecule is Cc1oc(-c2ccc(F)cc2)cc1C(=O)N1N=C(c2cccnc2)CC1c1ccccc1O. The van der Waals surface area contributed by atoms with Gasteiger partial charge >= 0.3 is 0 Å². The second kappa shape index (κ2) is 8.35.